The fraction of sp³-hybridized carbons (Fsp3) is 0.200. The normalized spacial score (nSPS) is 13.7. The van der Waals surface area contributed by atoms with Gasteiger partial charge in [0.15, 0.2) is 0 Å². The zero-order chi connectivity index (χ0) is 10.3. The van der Waals surface area contributed by atoms with E-state index in [0.717, 1.165) is 35.4 Å². The van der Waals surface area contributed by atoms with Gasteiger partial charge in [0.2, 0.25) is 5.82 Å². The van der Waals surface area contributed by atoms with Crippen LogP contribution in [-0.2, 0) is 6.54 Å². The van der Waals surface area contributed by atoms with Crippen molar-refractivity contribution < 1.29 is 4.57 Å². The highest BCUT2D eigenvalue weighted by molar-refractivity contribution is 6.30. The first-order chi connectivity index (χ1) is 7.34. The highest BCUT2D eigenvalue weighted by Crippen LogP contribution is 2.19. The fourth-order valence-corrected chi connectivity index (χ4v) is 2.01. The second-order valence-corrected chi connectivity index (χ2v) is 3.92. The molecule has 76 valence electrons. The van der Waals surface area contributed by atoms with Gasteiger partial charge in [0.25, 0.3) is 0 Å². The number of nitrogens with zero attached hydrogens (tertiary/aromatic N) is 2. The molecule has 1 aromatic heterocycles. The third kappa shape index (κ3) is 1.37. The summed E-state index contributed by atoms with van der Waals surface area (Å²) in [6.07, 6.45) is 0. The molecule has 3 rings (SSSR count). The molecule has 4 nitrogen and oxygen atoms in total. The number of nitrogens with one attached hydrogen (secondary N) is 2. The zero-order valence-corrected chi connectivity index (χ0v) is 8.75. The molecule has 0 atom stereocenters. The lowest BCUT2D eigenvalue weighted by molar-refractivity contribution is -0.659. The highest BCUT2D eigenvalue weighted by Gasteiger charge is 2.24. The number of halogens is 1. The molecule has 0 amide bonds. The molecule has 5 heteroatoms. The van der Waals surface area contributed by atoms with Crippen molar-refractivity contribution in [1.82, 2.24) is 10.2 Å². The summed E-state index contributed by atoms with van der Waals surface area (Å²) >= 11 is 5.95. The summed E-state index contributed by atoms with van der Waals surface area (Å²) in [7, 11) is 0. The predicted molar refractivity (Wildman–Crippen MR) is 57.7 cm³/mol. The largest absolute Gasteiger partial charge is 0.378 e. The average Bonchev–Trinajstić information content (AvgIpc) is 2.77. The van der Waals surface area contributed by atoms with Gasteiger partial charge in [-0.1, -0.05) is 17.7 Å². The lowest BCUT2D eigenvalue weighted by atomic mass is 10.2. The van der Waals surface area contributed by atoms with E-state index in [2.05, 4.69) is 20.1 Å². The number of hydrogen-bond acceptors (Lipinski definition) is 2. The first kappa shape index (κ1) is 8.73. The van der Waals surface area contributed by atoms with Crippen LogP contribution in [0.4, 0.5) is 5.95 Å². The Morgan fingerprint density at radius 2 is 2.33 bits per heavy atom. The van der Waals surface area contributed by atoms with E-state index in [9.17, 15) is 0 Å². The standard InChI is InChI=1S/C10H9ClN4/c11-8-3-1-2-7(6-8)9-13-14-10-12-4-5-15(9)10/h1-3,6H,4-5H2,(H,12,14)/p+1. The van der Waals surface area contributed by atoms with Gasteiger partial charge in [-0.3, -0.25) is 5.32 Å². The molecule has 1 aliphatic heterocycles. The Balaban J connectivity index is 2.13. The van der Waals surface area contributed by atoms with E-state index in [1.54, 1.807) is 0 Å². The van der Waals surface area contributed by atoms with Crippen molar-refractivity contribution >= 4 is 17.5 Å². The molecule has 0 fully saturated rings. The molecule has 15 heavy (non-hydrogen) atoms. The Labute approximate surface area is 91.9 Å². The predicted octanol–water partition coefficient (Wildman–Crippen LogP) is 1.44. The lowest BCUT2D eigenvalue weighted by Gasteiger charge is -1.97. The smallest absolute Gasteiger partial charge is 0.289 e. The van der Waals surface area contributed by atoms with Crippen molar-refractivity contribution in [2.45, 2.75) is 6.54 Å². The molecule has 1 aromatic carbocycles. The number of hydrogen-bond donors (Lipinski definition) is 2. The van der Waals surface area contributed by atoms with Crippen molar-refractivity contribution in [3.05, 3.63) is 29.3 Å². The Morgan fingerprint density at radius 1 is 1.40 bits per heavy atom. The van der Waals surface area contributed by atoms with Crippen molar-refractivity contribution in [2.75, 3.05) is 11.9 Å². The maximum absolute atomic E-state index is 5.95. The molecule has 0 spiro atoms. The number of aromatic nitrogens is 3. The molecule has 0 bridgehead atoms. The van der Waals surface area contributed by atoms with Crippen molar-refractivity contribution in [1.29, 1.82) is 0 Å². The molecule has 1 aliphatic rings. The van der Waals surface area contributed by atoms with Crippen molar-refractivity contribution in [3.63, 3.8) is 0 Å². The van der Waals surface area contributed by atoms with E-state index in [0.29, 0.717) is 0 Å². The van der Waals surface area contributed by atoms with Gasteiger partial charge in [-0.2, -0.15) is 5.10 Å². The Bertz CT molecular complexity index is 506. The van der Waals surface area contributed by atoms with Crippen LogP contribution in [0.5, 0.6) is 0 Å². The van der Waals surface area contributed by atoms with E-state index in [-0.39, 0.29) is 0 Å². The molecule has 0 saturated heterocycles. The number of benzene rings is 1. The van der Waals surface area contributed by atoms with Gasteiger partial charge >= 0.3 is 5.95 Å². The van der Waals surface area contributed by atoms with Gasteiger partial charge in [0.05, 0.1) is 13.1 Å². The second kappa shape index (κ2) is 3.24. The monoisotopic (exact) mass is 221 g/mol. The SMILES string of the molecule is Clc1cccc(-c2[nH]nc3[n+]2CCN3)c1. The lowest BCUT2D eigenvalue weighted by Crippen LogP contribution is -2.31. The van der Waals surface area contributed by atoms with E-state index in [4.69, 9.17) is 11.6 Å². The Hall–Kier alpha value is -1.55. The number of H-pyrrole nitrogens is 1. The second-order valence-electron chi connectivity index (χ2n) is 3.48. The first-order valence-electron chi connectivity index (χ1n) is 4.82. The molecular formula is C10H10ClN4+. The van der Waals surface area contributed by atoms with E-state index in [1.165, 1.54) is 0 Å². The van der Waals surface area contributed by atoms with Crippen LogP contribution in [0.25, 0.3) is 11.4 Å². The Kier molecular flexibility index (Phi) is 1.89. The van der Waals surface area contributed by atoms with Crippen LogP contribution in [0.15, 0.2) is 24.3 Å². The van der Waals surface area contributed by atoms with Crippen molar-refractivity contribution in [2.24, 2.45) is 0 Å². The number of fused-ring (bicyclic) bond motifs is 1. The highest BCUT2D eigenvalue weighted by atomic mass is 35.5. The summed E-state index contributed by atoms with van der Waals surface area (Å²) in [6.45, 7) is 1.87. The summed E-state index contributed by atoms with van der Waals surface area (Å²) in [5.74, 6) is 1.89. The molecule has 0 saturated carbocycles. The van der Waals surface area contributed by atoms with Gasteiger partial charge in [0, 0.05) is 15.7 Å². The van der Waals surface area contributed by atoms with Gasteiger partial charge in [-0.05, 0) is 18.2 Å². The molecule has 0 radical (unpaired) electrons. The van der Waals surface area contributed by atoms with Crippen LogP contribution in [0, 0.1) is 0 Å². The average molecular weight is 222 g/mol. The topological polar surface area (TPSA) is 44.6 Å². The number of rotatable bonds is 1. The third-order valence-corrected chi connectivity index (χ3v) is 2.74. The molecule has 2 heterocycles. The van der Waals surface area contributed by atoms with Crippen LogP contribution in [-0.4, -0.2) is 16.7 Å². The molecular weight excluding hydrogens is 212 g/mol. The van der Waals surface area contributed by atoms with Crippen molar-refractivity contribution in [3.8, 4) is 11.4 Å². The minimum absolute atomic E-state index is 0.738. The third-order valence-electron chi connectivity index (χ3n) is 2.51. The molecule has 0 aliphatic carbocycles. The number of anilines is 1. The summed E-state index contributed by atoms with van der Waals surface area (Å²) < 4.78 is 2.12. The first-order valence-corrected chi connectivity index (χ1v) is 5.20. The quantitative estimate of drug-likeness (QED) is 0.716. The van der Waals surface area contributed by atoms with Crippen LogP contribution in [0.1, 0.15) is 0 Å². The van der Waals surface area contributed by atoms with E-state index < -0.39 is 0 Å². The van der Waals surface area contributed by atoms with Gasteiger partial charge in [-0.15, -0.1) is 0 Å². The minimum atomic E-state index is 0.738. The van der Waals surface area contributed by atoms with E-state index >= 15 is 0 Å². The number of aromatic amines is 1. The molecule has 0 unspecified atom stereocenters. The van der Waals surface area contributed by atoms with Crippen LogP contribution >= 0.6 is 11.6 Å². The van der Waals surface area contributed by atoms with Crippen LogP contribution in [0.2, 0.25) is 5.02 Å². The van der Waals surface area contributed by atoms with Gasteiger partial charge < -0.3 is 0 Å². The summed E-state index contributed by atoms with van der Waals surface area (Å²) in [4.78, 5) is 0. The summed E-state index contributed by atoms with van der Waals surface area (Å²) in [5.41, 5.74) is 1.06. The molecule has 2 N–H and O–H groups in total. The van der Waals surface area contributed by atoms with E-state index in [1.807, 2.05) is 24.3 Å². The van der Waals surface area contributed by atoms with Gasteiger partial charge in [0.1, 0.15) is 0 Å². The summed E-state index contributed by atoms with van der Waals surface area (Å²) in [6, 6.07) is 7.75. The van der Waals surface area contributed by atoms with Gasteiger partial charge in [-0.25, -0.2) is 4.57 Å². The fourth-order valence-electron chi connectivity index (χ4n) is 1.82. The van der Waals surface area contributed by atoms with Crippen LogP contribution < -0.4 is 9.88 Å². The van der Waals surface area contributed by atoms with Crippen LogP contribution in [0.3, 0.4) is 0 Å². The molecule has 2 aromatic rings. The minimum Gasteiger partial charge on any atom is -0.289 e. The Morgan fingerprint density at radius 3 is 3.20 bits per heavy atom. The summed E-state index contributed by atoms with van der Waals surface area (Å²) in [5, 5.41) is 11.1. The maximum Gasteiger partial charge on any atom is 0.378 e. The zero-order valence-electron chi connectivity index (χ0n) is 8.00. The maximum atomic E-state index is 5.95.